The number of nitrogens with zero attached hydrogens (tertiary/aromatic N) is 2. The summed E-state index contributed by atoms with van der Waals surface area (Å²) in [5, 5.41) is 4.19. The third kappa shape index (κ3) is 2.13. The van der Waals surface area contributed by atoms with Gasteiger partial charge in [0.05, 0.1) is 18.2 Å². The fourth-order valence-electron chi connectivity index (χ4n) is 1.50. The van der Waals surface area contributed by atoms with E-state index >= 15 is 0 Å². The minimum Gasteiger partial charge on any atom is -0.465 e. The van der Waals surface area contributed by atoms with Gasteiger partial charge < -0.3 is 4.74 Å². The molecule has 1 aromatic rings. The highest BCUT2D eigenvalue weighted by molar-refractivity contribution is 6.34. The molecule has 16 heavy (non-hydrogen) atoms. The Bertz CT molecular complexity index is 383. The number of carbonyl (C=O) groups is 1. The molecule has 0 aliphatic heterocycles. The van der Waals surface area contributed by atoms with E-state index in [1.165, 1.54) is 7.11 Å². The van der Waals surface area contributed by atoms with Crippen molar-refractivity contribution < 1.29 is 9.53 Å². The second-order valence-electron chi connectivity index (χ2n) is 4.07. The molecule has 1 aromatic heterocycles. The largest absolute Gasteiger partial charge is 0.465 e. The molecule has 0 aliphatic rings. The Morgan fingerprint density at radius 2 is 2.12 bits per heavy atom. The lowest BCUT2D eigenvalue weighted by molar-refractivity contribution is 0.0602. The van der Waals surface area contributed by atoms with Gasteiger partial charge in [-0.1, -0.05) is 13.8 Å². The fraction of sp³-hybridized carbons (Fsp3) is 0.636. The predicted octanol–water partition coefficient (Wildman–Crippen LogP) is 0.999. The van der Waals surface area contributed by atoms with Crippen LogP contribution >= 0.6 is 0 Å². The highest BCUT2D eigenvalue weighted by Gasteiger charge is 2.25. The Morgan fingerprint density at radius 1 is 1.56 bits per heavy atom. The Hall–Kier alpha value is -1.26. The van der Waals surface area contributed by atoms with E-state index in [4.69, 9.17) is 7.85 Å². The Balaban J connectivity index is 3.14. The van der Waals surface area contributed by atoms with Crippen LogP contribution in [0.25, 0.3) is 0 Å². The topological polar surface area (TPSA) is 44.1 Å². The number of ether oxygens (including phenoxy) is 1. The van der Waals surface area contributed by atoms with Crippen molar-refractivity contribution in [3.05, 3.63) is 11.8 Å². The maximum Gasteiger partial charge on any atom is 0.340 e. The second kappa shape index (κ2) is 4.72. The smallest absolute Gasteiger partial charge is 0.340 e. The average molecular weight is 220 g/mol. The van der Waals surface area contributed by atoms with Gasteiger partial charge >= 0.3 is 5.97 Å². The normalized spacial score (nSPS) is 11.5. The molecular weight excluding hydrogens is 203 g/mol. The summed E-state index contributed by atoms with van der Waals surface area (Å²) in [6.07, 6.45) is 3.50. The van der Waals surface area contributed by atoms with Crippen molar-refractivity contribution in [1.29, 1.82) is 0 Å². The van der Waals surface area contributed by atoms with E-state index in [-0.39, 0.29) is 11.1 Å². The van der Waals surface area contributed by atoms with Crippen LogP contribution in [0.5, 0.6) is 0 Å². The molecule has 1 rings (SSSR count). The van der Waals surface area contributed by atoms with Gasteiger partial charge in [0.15, 0.2) is 0 Å². The van der Waals surface area contributed by atoms with Gasteiger partial charge in [0.25, 0.3) is 0 Å². The molecule has 0 fully saturated rings. The lowest BCUT2D eigenvalue weighted by Crippen LogP contribution is -2.30. The number of esters is 1. The molecule has 0 saturated carbocycles. The van der Waals surface area contributed by atoms with E-state index in [2.05, 4.69) is 30.6 Å². The maximum atomic E-state index is 11.4. The van der Waals surface area contributed by atoms with Gasteiger partial charge in [0.1, 0.15) is 7.85 Å². The lowest BCUT2D eigenvalue weighted by atomic mass is 9.96. The number of hydrogen-bond donors (Lipinski definition) is 0. The van der Waals surface area contributed by atoms with Gasteiger partial charge in [0.2, 0.25) is 0 Å². The van der Waals surface area contributed by atoms with Gasteiger partial charge in [-0.15, -0.1) is 0 Å². The highest BCUT2D eigenvalue weighted by atomic mass is 16.5. The van der Waals surface area contributed by atoms with Gasteiger partial charge in [-0.05, 0) is 19.8 Å². The van der Waals surface area contributed by atoms with E-state index in [1.54, 1.807) is 10.9 Å². The van der Waals surface area contributed by atoms with Gasteiger partial charge in [0, 0.05) is 11.8 Å². The molecule has 0 unspecified atom stereocenters. The monoisotopic (exact) mass is 220 g/mol. The summed E-state index contributed by atoms with van der Waals surface area (Å²) >= 11 is 0. The van der Waals surface area contributed by atoms with Crippen molar-refractivity contribution >= 4 is 19.4 Å². The van der Waals surface area contributed by atoms with Crippen LogP contribution in [0.1, 0.15) is 44.0 Å². The highest BCUT2D eigenvalue weighted by Crippen LogP contribution is 2.23. The van der Waals surface area contributed by atoms with Crippen molar-refractivity contribution in [3.63, 3.8) is 0 Å². The second-order valence-corrected chi connectivity index (χ2v) is 4.07. The minimum absolute atomic E-state index is 0.111. The number of carbonyl (C=O) groups excluding carboxylic acids is 1. The summed E-state index contributed by atoms with van der Waals surface area (Å²) in [6.45, 7) is 6.25. The Labute approximate surface area is 97.4 Å². The van der Waals surface area contributed by atoms with Crippen LogP contribution in [0, 0.1) is 0 Å². The molecule has 0 bridgehead atoms. The third-order valence-corrected chi connectivity index (χ3v) is 3.22. The standard InChI is InChI=1S/C11H17BN2O2/c1-5-11(3,6-2)14-7-8(9(12)13-14)10(15)16-4/h7H,5-6H2,1-4H3. The van der Waals surface area contributed by atoms with E-state index in [0.717, 1.165) is 12.8 Å². The first kappa shape index (κ1) is 12.8. The van der Waals surface area contributed by atoms with E-state index in [0.29, 0.717) is 5.56 Å². The summed E-state index contributed by atoms with van der Waals surface area (Å²) in [4.78, 5) is 11.4. The summed E-state index contributed by atoms with van der Waals surface area (Å²) in [5.74, 6) is -0.446. The van der Waals surface area contributed by atoms with Crippen molar-refractivity contribution in [2.24, 2.45) is 0 Å². The van der Waals surface area contributed by atoms with Crippen LogP contribution in [0.4, 0.5) is 0 Å². The van der Waals surface area contributed by atoms with Crippen LogP contribution in [-0.2, 0) is 10.3 Å². The first-order valence-corrected chi connectivity index (χ1v) is 5.42. The zero-order valence-electron chi connectivity index (χ0n) is 10.3. The van der Waals surface area contributed by atoms with E-state index in [1.807, 2.05) is 0 Å². The Kier molecular flexibility index (Phi) is 3.78. The molecule has 4 nitrogen and oxygen atoms in total. The molecule has 0 spiro atoms. The SMILES string of the molecule is [B]c1nn(C(C)(CC)CC)cc1C(=O)OC. The first-order valence-electron chi connectivity index (χ1n) is 5.42. The summed E-state index contributed by atoms with van der Waals surface area (Å²) in [7, 11) is 7.02. The molecule has 0 N–H and O–H groups in total. The molecule has 86 valence electrons. The predicted molar refractivity (Wildman–Crippen MR) is 63.2 cm³/mol. The van der Waals surface area contributed by atoms with Crippen molar-refractivity contribution in [3.8, 4) is 0 Å². The van der Waals surface area contributed by atoms with E-state index in [9.17, 15) is 4.79 Å². The Morgan fingerprint density at radius 3 is 2.56 bits per heavy atom. The molecule has 1 heterocycles. The summed E-state index contributed by atoms with van der Waals surface area (Å²) in [6, 6.07) is 0. The summed E-state index contributed by atoms with van der Waals surface area (Å²) < 4.78 is 6.40. The van der Waals surface area contributed by atoms with E-state index < -0.39 is 5.97 Å². The van der Waals surface area contributed by atoms with Crippen LogP contribution in [0.15, 0.2) is 6.20 Å². The number of methoxy groups -OCH3 is 1. The van der Waals surface area contributed by atoms with Crippen molar-refractivity contribution in [2.75, 3.05) is 7.11 Å². The first-order chi connectivity index (χ1) is 7.48. The molecule has 5 heteroatoms. The molecule has 2 radical (unpaired) electrons. The van der Waals surface area contributed by atoms with Gasteiger partial charge in [-0.25, -0.2) is 4.79 Å². The van der Waals surface area contributed by atoms with Crippen LogP contribution in [0.2, 0.25) is 0 Å². The third-order valence-electron chi connectivity index (χ3n) is 3.22. The van der Waals surface area contributed by atoms with Crippen molar-refractivity contribution in [1.82, 2.24) is 9.78 Å². The van der Waals surface area contributed by atoms with Crippen LogP contribution in [-0.4, -0.2) is 30.7 Å². The van der Waals surface area contributed by atoms with Crippen LogP contribution in [0.3, 0.4) is 0 Å². The molecule has 0 aliphatic carbocycles. The van der Waals surface area contributed by atoms with Gasteiger partial charge in [-0.3, -0.25) is 4.68 Å². The zero-order chi connectivity index (χ0) is 12.3. The lowest BCUT2D eigenvalue weighted by Gasteiger charge is -2.27. The molecule has 0 saturated heterocycles. The minimum atomic E-state index is -0.446. The quantitative estimate of drug-likeness (QED) is 0.561. The molecular formula is C11H17BN2O2. The number of hydrogen-bond acceptors (Lipinski definition) is 3. The maximum absolute atomic E-state index is 11.4. The van der Waals surface area contributed by atoms with Gasteiger partial charge in [-0.2, -0.15) is 5.10 Å². The van der Waals surface area contributed by atoms with Crippen LogP contribution < -0.4 is 5.59 Å². The number of aromatic nitrogens is 2. The average Bonchev–Trinajstić information content (AvgIpc) is 2.69. The number of rotatable bonds is 4. The molecule has 0 amide bonds. The molecule has 0 atom stereocenters. The van der Waals surface area contributed by atoms with Crippen molar-refractivity contribution in [2.45, 2.75) is 39.2 Å². The fourth-order valence-corrected chi connectivity index (χ4v) is 1.50. The molecule has 0 aromatic carbocycles. The summed E-state index contributed by atoms with van der Waals surface area (Å²) in [5.41, 5.74) is 0.441. The zero-order valence-corrected chi connectivity index (χ0v) is 10.3.